The van der Waals surface area contributed by atoms with Gasteiger partial charge in [0.15, 0.2) is 0 Å². The highest BCUT2D eigenvalue weighted by molar-refractivity contribution is 5.30. The molecule has 1 aliphatic heterocycles. The van der Waals surface area contributed by atoms with Gasteiger partial charge in [0.1, 0.15) is 11.4 Å². The predicted molar refractivity (Wildman–Crippen MR) is 73.4 cm³/mol. The van der Waals surface area contributed by atoms with E-state index in [1.807, 2.05) is 30.3 Å². The summed E-state index contributed by atoms with van der Waals surface area (Å²) in [7, 11) is 0. The minimum absolute atomic E-state index is 0.439. The fourth-order valence-electron chi connectivity index (χ4n) is 2.39. The summed E-state index contributed by atoms with van der Waals surface area (Å²) in [5.41, 5.74) is 0.979. The summed E-state index contributed by atoms with van der Waals surface area (Å²) >= 11 is 0. The number of rotatable bonds is 3. The Hall–Kier alpha value is -1.94. The number of nitrogens with one attached hydrogen (secondary N) is 1. The smallest absolute Gasteiger partial charge is 0.241 e. The SMILES string of the molecule is c1ccc(Oc2nccnc2C2CCNCC2)cc1. The van der Waals surface area contributed by atoms with E-state index in [0.717, 1.165) is 37.4 Å². The Kier molecular flexibility index (Phi) is 3.70. The Morgan fingerprint density at radius 2 is 1.74 bits per heavy atom. The predicted octanol–water partition coefficient (Wildman–Crippen LogP) is 2.74. The summed E-state index contributed by atoms with van der Waals surface area (Å²) in [6.45, 7) is 2.07. The zero-order valence-electron chi connectivity index (χ0n) is 10.7. The molecule has 1 aromatic carbocycles. The molecule has 0 radical (unpaired) electrons. The summed E-state index contributed by atoms with van der Waals surface area (Å²) < 4.78 is 5.87. The van der Waals surface area contributed by atoms with E-state index < -0.39 is 0 Å². The minimum Gasteiger partial charge on any atom is -0.437 e. The first-order chi connectivity index (χ1) is 9.43. The summed E-state index contributed by atoms with van der Waals surface area (Å²) in [4.78, 5) is 8.83. The van der Waals surface area contributed by atoms with Gasteiger partial charge >= 0.3 is 0 Å². The number of hydrogen-bond acceptors (Lipinski definition) is 4. The van der Waals surface area contributed by atoms with Gasteiger partial charge in [-0.2, -0.15) is 0 Å². The van der Waals surface area contributed by atoms with E-state index in [0.29, 0.717) is 11.8 Å². The van der Waals surface area contributed by atoms with E-state index in [1.54, 1.807) is 12.4 Å². The first-order valence-electron chi connectivity index (χ1n) is 6.68. The summed E-state index contributed by atoms with van der Waals surface area (Å²) in [6, 6.07) is 9.74. The van der Waals surface area contributed by atoms with Crippen molar-refractivity contribution in [2.45, 2.75) is 18.8 Å². The second kappa shape index (κ2) is 5.80. The Bertz CT molecular complexity index is 524. The van der Waals surface area contributed by atoms with Gasteiger partial charge in [0, 0.05) is 18.3 Å². The normalized spacial score (nSPS) is 16.2. The topological polar surface area (TPSA) is 47.0 Å². The lowest BCUT2D eigenvalue weighted by Gasteiger charge is -2.23. The van der Waals surface area contributed by atoms with E-state index >= 15 is 0 Å². The van der Waals surface area contributed by atoms with Gasteiger partial charge in [-0.1, -0.05) is 18.2 Å². The number of aromatic nitrogens is 2. The molecule has 1 aliphatic rings. The van der Waals surface area contributed by atoms with Crippen LogP contribution in [0.1, 0.15) is 24.5 Å². The Morgan fingerprint density at radius 1 is 1.00 bits per heavy atom. The van der Waals surface area contributed by atoms with Crippen LogP contribution in [0.3, 0.4) is 0 Å². The van der Waals surface area contributed by atoms with Gasteiger partial charge < -0.3 is 10.1 Å². The van der Waals surface area contributed by atoms with Gasteiger partial charge in [-0.05, 0) is 38.1 Å². The van der Waals surface area contributed by atoms with Gasteiger partial charge in [0.2, 0.25) is 5.88 Å². The fourth-order valence-corrected chi connectivity index (χ4v) is 2.39. The van der Waals surface area contributed by atoms with Crippen LogP contribution < -0.4 is 10.1 Å². The second-order valence-corrected chi connectivity index (χ2v) is 4.69. The molecule has 98 valence electrons. The number of hydrogen-bond donors (Lipinski definition) is 1. The molecular formula is C15H17N3O. The third-order valence-electron chi connectivity index (χ3n) is 3.37. The summed E-state index contributed by atoms with van der Waals surface area (Å²) in [5.74, 6) is 1.88. The number of ether oxygens (including phenoxy) is 1. The quantitative estimate of drug-likeness (QED) is 0.916. The van der Waals surface area contributed by atoms with Crippen LogP contribution in [0.15, 0.2) is 42.7 Å². The van der Waals surface area contributed by atoms with Crippen LogP contribution in [-0.2, 0) is 0 Å². The standard InChI is InChI=1S/C15H17N3O/c1-2-4-13(5-3-1)19-15-14(17-10-11-18-15)12-6-8-16-9-7-12/h1-5,10-12,16H,6-9H2. The van der Waals surface area contributed by atoms with Crippen LogP contribution in [0.5, 0.6) is 11.6 Å². The number of benzene rings is 1. The van der Waals surface area contributed by atoms with Gasteiger partial charge in [-0.15, -0.1) is 0 Å². The minimum atomic E-state index is 0.439. The first-order valence-corrected chi connectivity index (χ1v) is 6.68. The fraction of sp³-hybridized carbons (Fsp3) is 0.333. The molecule has 0 saturated carbocycles. The van der Waals surface area contributed by atoms with Crippen LogP contribution in [0.25, 0.3) is 0 Å². The molecule has 0 spiro atoms. The average molecular weight is 255 g/mol. The molecule has 3 rings (SSSR count). The molecule has 0 aliphatic carbocycles. The van der Waals surface area contributed by atoms with Crippen molar-refractivity contribution in [1.82, 2.24) is 15.3 Å². The lowest BCUT2D eigenvalue weighted by molar-refractivity contribution is 0.410. The van der Waals surface area contributed by atoms with Crippen molar-refractivity contribution in [2.75, 3.05) is 13.1 Å². The molecule has 2 heterocycles. The lowest BCUT2D eigenvalue weighted by atomic mass is 9.94. The molecule has 2 aromatic rings. The molecule has 1 fully saturated rings. The summed E-state index contributed by atoms with van der Waals surface area (Å²) in [6.07, 6.45) is 5.60. The zero-order chi connectivity index (χ0) is 12.9. The lowest BCUT2D eigenvalue weighted by Crippen LogP contribution is -2.27. The maximum atomic E-state index is 5.87. The van der Waals surface area contributed by atoms with E-state index in [4.69, 9.17) is 4.74 Å². The van der Waals surface area contributed by atoms with Gasteiger partial charge in [0.25, 0.3) is 0 Å². The van der Waals surface area contributed by atoms with Crippen molar-refractivity contribution in [3.63, 3.8) is 0 Å². The van der Waals surface area contributed by atoms with Crippen molar-refractivity contribution in [2.24, 2.45) is 0 Å². The third-order valence-corrected chi connectivity index (χ3v) is 3.37. The molecule has 0 unspecified atom stereocenters. The van der Waals surface area contributed by atoms with Crippen molar-refractivity contribution < 1.29 is 4.74 Å². The third kappa shape index (κ3) is 2.90. The van der Waals surface area contributed by atoms with Crippen molar-refractivity contribution in [3.05, 3.63) is 48.4 Å². The molecule has 1 saturated heterocycles. The molecule has 0 atom stereocenters. The molecule has 0 amide bonds. The number of piperidine rings is 1. The van der Waals surface area contributed by atoms with Crippen LogP contribution in [0, 0.1) is 0 Å². The van der Waals surface area contributed by atoms with E-state index in [1.165, 1.54) is 0 Å². The second-order valence-electron chi connectivity index (χ2n) is 4.69. The number of nitrogens with zero attached hydrogens (tertiary/aromatic N) is 2. The maximum Gasteiger partial charge on any atom is 0.241 e. The van der Waals surface area contributed by atoms with E-state index in [2.05, 4.69) is 15.3 Å². The zero-order valence-corrected chi connectivity index (χ0v) is 10.7. The van der Waals surface area contributed by atoms with E-state index in [9.17, 15) is 0 Å². The van der Waals surface area contributed by atoms with Gasteiger partial charge in [-0.3, -0.25) is 4.98 Å². The van der Waals surface area contributed by atoms with Crippen LogP contribution in [0.4, 0.5) is 0 Å². The van der Waals surface area contributed by atoms with Crippen LogP contribution in [-0.4, -0.2) is 23.1 Å². The highest BCUT2D eigenvalue weighted by Crippen LogP contribution is 2.31. The Labute approximate surface area is 112 Å². The maximum absolute atomic E-state index is 5.87. The van der Waals surface area contributed by atoms with Crippen molar-refractivity contribution in [3.8, 4) is 11.6 Å². The summed E-state index contributed by atoms with van der Waals surface area (Å²) in [5, 5.41) is 3.36. The molecule has 4 nitrogen and oxygen atoms in total. The average Bonchev–Trinajstić information content (AvgIpc) is 2.50. The molecular weight excluding hydrogens is 238 g/mol. The molecule has 1 aromatic heterocycles. The molecule has 1 N–H and O–H groups in total. The van der Waals surface area contributed by atoms with Crippen molar-refractivity contribution >= 4 is 0 Å². The largest absolute Gasteiger partial charge is 0.437 e. The van der Waals surface area contributed by atoms with Crippen LogP contribution >= 0.6 is 0 Å². The molecule has 0 bridgehead atoms. The van der Waals surface area contributed by atoms with Gasteiger partial charge in [-0.25, -0.2) is 4.98 Å². The van der Waals surface area contributed by atoms with Gasteiger partial charge in [0.05, 0.1) is 0 Å². The monoisotopic (exact) mass is 255 g/mol. The highest BCUT2D eigenvalue weighted by Gasteiger charge is 2.21. The van der Waals surface area contributed by atoms with Crippen molar-refractivity contribution in [1.29, 1.82) is 0 Å². The number of para-hydroxylation sites is 1. The van der Waals surface area contributed by atoms with E-state index in [-0.39, 0.29) is 0 Å². The molecule has 4 heteroatoms. The highest BCUT2D eigenvalue weighted by atomic mass is 16.5. The van der Waals surface area contributed by atoms with Crippen LogP contribution in [0.2, 0.25) is 0 Å². The Morgan fingerprint density at radius 3 is 2.53 bits per heavy atom. The first kappa shape index (κ1) is 12.1. The Balaban J connectivity index is 1.84. The molecule has 19 heavy (non-hydrogen) atoms.